The molecule has 2 aromatic rings. The summed E-state index contributed by atoms with van der Waals surface area (Å²) < 4.78 is 0. The zero-order chi connectivity index (χ0) is 16.9. The van der Waals surface area contributed by atoms with E-state index in [-0.39, 0.29) is 5.91 Å². The van der Waals surface area contributed by atoms with Crippen LogP contribution >= 0.6 is 11.6 Å². The molecule has 0 bridgehead atoms. The third-order valence-corrected chi connectivity index (χ3v) is 4.13. The van der Waals surface area contributed by atoms with Crippen LogP contribution in [0.1, 0.15) is 10.4 Å². The van der Waals surface area contributed by atoms with Gasteiger partial charge in [0.1, 0.15) is 0 Å². The number of hydrogen-bond donors (Lipinski definition) is 1. The summed E-state index contributed by atoms with van der Waals surface area (Å²) in [5.41, 5.74) is 1.99. The van der Waals surface area contributed by atoms with Crippen LogP contribution < -0.4 is 10.2 Å². The van der Waals surface area contributed by atoms with Gasteiger partial charge in [0.25, 0.3) is 5.91 Å². The minimum Gasteiger partial charge on any atom is -0.367 e. The van der Waals surface area contributed by atoms with Crippen molar-refractivity contribution < 1.29 is 9.59 Å². The Morgan fingerprint density at radius 1 is 1.17 bits per heavy atom. The van der Waals surface area contributed by atoms with Crippen LogP contribution in [0.15, 0.2) is 42.7 Å². The maximum absolute atomic E-state index is 12.4. The van der Waals surface area contributed by atoms with Crippen molar-refractivity contribution in [2.24, 2.45) is 0 Å². The number of benzene rings is 1. The highest BCUT2D eigenvalue weighted by atomic mass is 35.5. The molecule has 0 spiro atoms. The monoisotopic (exact) mass is 344 g/mol. The Morgan fingerprint density at radius 2 is 1.96 bits per heavy atom. The van der Waals surface area contributed by atoms with E-state index in [0.717, 1.165) is 25.2 Å². The molecule has 0 atom stereocenters. The summed E-state index contributed by atoms with van der Waals surface area (Å²) in [4.78, 5) is 31.2. The maximum Gasteiger partial charge on any atom is 0.257 e. The normalized spacial score (nSPS) is 14.4. The lowest BCUT2D eigenvalue weighted by Gasteiger charge is -2.34. The predicted octanol–water partition coefficient (Wildman–Crippen LogP) is 2.27. The van der Waals surface area contributed by atoms with Crippen molar-refractivity contribution in [2.75, 3.05) is 36.4 Å². The molecule has 0 radical (unpaired) electrons. The maximum atomic E-state index is 12.4. The van der Waals surface area contributed by atoms with E-state index in [1.54, 1.807) is 35.4 Å². The number of piperazine rings is 1. The summed E-state index contributed by atoms with van der Waals surface area (Å²) in [6.45, 7) is 2.78. The molecule has 0 saturated carbocycles. The van der Waals surface area contributed by atoms with E-state index >= 15 is 0 Å². The molecule has 1 fully saturated rings. The molecule has 6 nitrogen and oxygen atoms in total. The minimum absolute atomic E-state index is 0.238. The van der Waals surface area contributed by atoms with Crippen molar-refractivity contribution in [1.29, 1.82) is 0 Å². The van der Waals surface area contributed by atoms with Crippen LogP contribution in [0, 0.1) is 0 Å². The Hall–Kier alpha value is -2.60. The second-order valence-electron chi connectivity index (χ2n) is 5.52. The van der Waals surface area contributed by atoms with Crippen LogP contribution in [0.4, 0.5) is 11.4 Å². The van der Waals surface area contributed by atoms with Gasteiger partial charge in [-0.25, -0.2) is 0 Å². The number of anilines is 2. The molecule has 24 heavy (non-hydrogen) atoms. The average molecular weight is 345 g/mol. The summed E-state index contributed by atoms with van der Waals surface area (Å²) in [5.74, 6) is -0.238. The first-order chi connectivity index (χ1) is 11.7. The quantitative estimate of drug-likeness (QED) is 0.864. The molecule has 7 heteroatoms. The number of pyridine rings is 1. The second-order valence-corrected chi connectivity index (χ2v) is 5.96. The summed E-state index contributed by atoms with van der Waals surface area (Å²) in [6.07, 6.45) is 4.13. The third kappa shape index (κ3) is 3.83. The van der Waals surface area contributed by atoms with Gasteiger partial charge in [0, 0.05) is 43.1 Å². The molecule has 0 aliphatic carbocycles. The van der Waals surface area contributed by atoms with E-state index in [1.165, 1.54) is 6.20 Å². The number of rotatable bonds is 4. The smallest absolute Gasteiger partial charge is 0.257 e. The Balaban J connectivity index is 1.70. The number of carbonyl (C=O) groups excluding carboxylic acids is 2. The number of hydrogen-bond acceptors (Lipinski definition) is 4. The van der Waals surface area contributed by atoms with E-state index in [2.05, 4.69) is 15.2 Å². The Labute approximate surface area is 145 Å². The summed E-state index contributed by atoms with van der Waals surface area (Å²) in [7, 11) is 0. The van der Waals surface area contributed by atoms with Crippen molar-refractivity contribution in [2.45, 2.75) is 0 Å². The summed E-state index contributed by atoms with van der Waals surface area (Å²) in [5, 5.41) is 3.37. The molecule has 2 heterocycles. The average Bonchev–Trinajstić information content (AvgIpc) is 2.62. The zero-order valence-electron chi connectivity index (χ0n) is 13.0. The molecule has 0 unspecified atom stereocenters. The molecule has 1 aliphatic rings. The van der Waals surface area contributed by atoms with Gasteiger partial charge in [-0.15, -0.1) is 0 Å². The summed E-state index contributed by atoms with van der Waals surface area (Å²) in [6, 6.07) is 8.80. The van der Waals surface area contributed by atoms with Crippen molar-refractivity contribution in [1.82, 2.24) is 9.88 Å². The molecular weight excluding hydrogens is 328 g/mol. The summed E-state index contributed by atoms with van der Waals surface area (Å²) >= 11 is 5.93. The van der Waals surface area contributed by atoms with Crippen LogP contribution in [-0.4, -0.2) is 48.4 Å². The van der Waals surface area contributed by atoms with Gasteiger partial charge in [-0.3, -0.25) is 14.6 Å². The number of amides is 2. The van der Waals surface area contributed by atoms with Gasteiger partial charge in [0.2, 0.25) is 6.41 Å². The first-order valence-corrected chi connectivity index (χ1v) is 8.00. The minimum atomic E-state index is -0.238. The van der Waals surface area contributed by atoms with Gasteiger partial charge in [-0.05, 0) is 24.3 Å². The highest BCUT2D eigenvalue weighted by Gasteiger charge is 2.17. The molecule has 1 saturated heterocycles. The Morgan fingerprint density at radius 3 is 2.67 bits per heavy atom. The molecule has 1 aliphatic heterocycles. The highest BCUT2D eigenvalue weighted by molar-refractivity contribution is 6.30. The lowest BCUT2D eigenvalue weighted by atomic mass is 10.2. The topological polar surface area (TPSA) is 65.5 Å². The van der Waals surface area contributed by atoms with Crippen molar-refractivity contribution in [3.63, 3.8) is 0 Å². The molecule has 1 N–H and O–H groups in total. The van der Waals surface area contributed by atoms with E-state index in [0.29, 0.717) is 29.4 Å². The first-order valence-electron chi connectivity index (χ1n) is 7.62. The van der Waals surface area contributed by atoms with E-state index in [4.69, 9.17) is 11.6 Å². The largest absolute Gasteiger partial charge is 0.367 e. The van der Waals surface area contributed by atoms with Crippen molar-refractivity contribution in [3.05, 3.63) is 53.3 Å². The first kappa shape index (κ1) is 16.3. The van der Waals surface area contributed by atoms with Gasteiger partial charge in [-0.2, -0.15) is 0 Å². The fourth-order valence-electron chi connectivity index (χ4n) is 2.58. The van der Waals surface area contributed by atoms with Crippen LogP contribution in [0.25, 0.3) is 0 Å². The lowest BCUT2D eigenvalue weighted by Crippen LogP contribution is -2.45. The Bertz CT molecular complexity index is 745. The number of nitrogens with one attached hydrogen (secondary N) is 1. The standard InChI is InChI=1S/C17H17ClN4O2/c18-14-2-1-3-15(9-14)20-17(24)13-8-16(11-19-10-13)22-6-4-21(12-23)5-7-22/h1-3,8-12H,4-7H2,(H,20,24). The van der Waals surface area contributed by atoms with Crippen molar-refractivity contribution >= 4 is 35.3 Å². The predicted molar refractivity (Wildman–Crippen MR) is 93.5 cm³/mol. The van der Waals surface area contributed by atoms with E-state index in [1.807, 2.05) is 6.07 Å². The molecule has 1 aromatic heterocycles. The van der Waals surface area contributed by atoms with Crippen LogP contribution in [0.2, 0.25) is 5.02 Å². The Kier molecular flexibility index (Phi) is 4.96. The van der Waals surface area contributed by atoms with Crippen LogP contribution in [0.3, 0.4) is 0 Å². The number of nitrogens with zero attached hydrogens (tertiary/aromatic N) is 3. The van der Waals surface area contributed by atoms with Crippen molar-refractivity contribution in [3.8, 4) is 0 Å². The molecule has 3 rings (SSSR count). The number of aromatic nitrogens is 1. The molecule has 1 aromatic carbocycles. The third-order valence-electron chi connectivity index (χ3n) is 3.90. The fourth-order valence-corrected chi connectivity index (χ4v) is 2.77. The zero-order valence-corrected chi connectivity index (χ0v) is 13.7. The number of carbonyl (C=O) groups is 2. The fraction of sp³-hybridized carbons (Fsp3) is 0.235. The van der Waals surface area contributed by atoms with Crippen LogP contribution in [0.5, 0.6) is 0 Å². The second kappa shape index (κ2) is 7.31. The molecular formula is C17H17ClN4O2. The van der Waals surface area contributed by atoms with Gasteiger partial charge < -0.3 is 15.1 Å². The molecule has 2 amide bonds. The van der Waals surface area contributed by atoms with Gasteiger partial charge in [-0.1, -0.05) is 17.7 Å². The van der Waals surface area contributed by atoms with Gasteiger partial charge in [0.05, 0.1) is 17.4 Å². The highest BCUT2D eigenvalue weighted by Crippen LogP contribution is 2.19. The number of halogens is 1. The SMILES string of the molecule is O=CN1CCN(c2cncc(C(=O)Nc3cccc(Cl)c3)c2)CC1. The van der Waals surface area contributed by atoms with Gasteiger partial charge >= 0.3 is 0 Å². The van der Waals surface area contributed by atoms with Crippen LogP contribution in [-0.2, 0) is 4.79 Å². The van der Waals surface area contributed by atoms with Gasteiger partial charge in [0.15, 0.2) is 0 Å². The van der Waals surface area contributed by atoms with E-state index < -0.39 is 0 Å². The van der Waals surface area contributed by atoms with E-state index in [9.17, 15) is 9.59 Å². The molecule has 124 valence electrons. The lowest BCUT2D eigenvalue weighted by molar-refractivity contribution is -0.118.